The number of carbonyl (C=O) groups is 1. The van der Waals surface area contributed by atoms with E-state index in [1.165, 1.54) is 12.4 Å². The number of aromatic nitrogens is 2. The van der Waals surface area contributed by atoms with Crippen LogP contribution in [0.5, 0.6) is 0 Å². The Labute approximate surface area is 124 Å². The molecule has 1 saturated heterocycles. The van der Waals surface area contributed by atoms with E-state index in [0.717, 1.165) is 32.5 Å². The minimum atomic E-state index is -0.0873. The Kier molecular flexibility index (Phi) is 4.17. The van der Waals surface area contributed by atoms with E-state index in [1.807, 2.05) is 6.92 Å². The lowest BCUT2D eigenvalue weighted by molar-refractivity contribution is -0.170. The molecule has 114 valence electrons. The fourth-order valence-corrected chi connectivity index (χ4v) is 3.47. The number of amides is 1. The van der Waals surface area contributed by atoms with Crippen molar-refractivity contribution in [3.05, 3.63) is 24.0 Å². The Balaban J connectivity index is 1.69. The summed E-state index contributed by atoms with van der Waals surface area (Å²) in [5, 5.41) is 10.6. The fraction of sp³-hybridized carbons (Fsp3) is 0.667. The van der Waals surface area contributed by atoms with Crippen LogP contribution in [0.25, 0.3) is 0 Å². The van der Waals surface area contributed by atoms with Crippen molar-refractivity contribution in [3.63, 3.8) is 0 Å². The average Bonchev–Trinajstić information content (AvgIpc) is 2.55. The summed E-state index contributed by atoms with van der Waals surface area (Å²) >= 11 is 0. The molecule has 21 heavy (non-hydrogen) atoms. The third-order valence-corrected chi connectivity index (χ3v) is 4.73. The van der Waals surface area contributed by atoms with Crippen molar-refractivity contribution in [2.45, 2.75) is 38.3 Å². The lowest BCUT2D eigenvalue weighted by Crippen LogP contribution is -2.66. The van der Waals surface area contributed by atoms with Gasteiger partial charge in [-0.2, -0.15) is 10.2 Å². The van der Waals surface area contributed by atoms with Crippen molar-refractivity contribution in [2.75, 3.05) is 19.8 Å². The van der Waals surface area contributed by atoms with E-state index >= 15 is 0 Å². The van der Waals surface area contributed by atoms with Crippen molar-refractivity contribution in [2.24, 2.45) is 5.41 Å². The molecule has 1 N–H and O–H groups in total. The molecule has 1 aliphatic heterocycles. The third kappa shape index (κ3) is 2.65. The van der Waals surface area contributed by atoms with Crippen LogP contribution in [0.3, 0.4) is 0 Å². The lowest BCUT2D eigenvalue weighted by Gasteiger charge is -2.57. The summed E-state index contributed by atoms with van der Waals surface area (Å²) in [7, 11) is 0. The number of hydrogen-bond donors (Lipinski definition) is 1. The molecule has 1 aromatic heterocycles. The zero-order valence-electron chi connectivity index (χ0n) is 12.2. The zero-order valence-corrected chi connectivity index (χ0v) is 12.2. The Hall–Kier alpha value is -1.53. The first-order valence-electron chi connectivity index (χ1n) is 7.53. The van der Waals surface area contributed by atoms with Gasteiger partial charge >= 0.3 is 0 Å². The molecule has 6 nitrogen and oxygen atoms in total. The highest BCUT2D eigenvalue weighted by atomic mass is 16.5. The van der Waals surface area contributed by atoms with Crippen LogP contribution in [-0.4, -0.2) is 48.1 Å². The van der Waals surface area contributed by atoms with Crippen molar-refractivity contribution in [1.29, 1.82) is 0 Å². The monoisotopic (exact) mass is 291 g/mol. The summed E-state index contributed by atoms with van der Waals surface area (Å²) in [5.41, 5.74) is 0.580. The minimum absolute atomic E-state index is 0.0321. The Morgan fingerprint density at radius 1 is 1.48 bits per heavy atom. The topological polar surface area (TPSA) is 73.3 Å². The Morgan fingerprint density at radius 2 is 2.29 bits per heavy atom. The largest absolute Gasteiger partial charge is 0.381 e. The number of nitrogens with zero attached hydrogens (tertiary/aromatic N) is 2. The first-order chi connectivity index (χ1) is 10.3. The number of carbonyl (C=O) groups excluding carboxylic acids is 1. The van der Waals surface area contributed by atoms with Crippen LogP contribution < -0.4 is 5.32 Å². The molecule has 6 heteroatoms. The second-order valence-corrected chi connectivity index (χ2v) is 5.68. The van der Waals surface area contributed by atoms with E-state index in [1.54, 1.807) is 6.07 Å². The van der Waals surface area contributed by atoms with Gasteiger partial charge in [0.25, 0.3) is 5.91 Å². The molecule has 2 fully saturated rings. The van der Waals surface area contributed by atoms with Gasteiger partial charge in [0.15, 0.2) is 0 Å². The fourth-order valence-electron chi connectivity index (χ4n) is 3.47. The van der Waals surface area contributed by atoms with Crippen LogP contribution in [0.1, 0.15) is 36.5 Å². The van der Waals surface area contributed by atoms with E-state index in [0.29, 0.717) is 12.2 Å². The van der Waals surface area contributed by atoms with Gasteiger partial charge in [0.2, 0.25) is 0 Å². The molecule has 2 aliphatic rings. The zero-order chi connectivity index (χ0) is 14.7. The molecular weight excluding hydrogens is 270 g/mol. The van der Waals surface area contributed by atoms with Crippen LogP contribution in [-0.2, 0) is 9.47 Å². The predicted octanol–water partition coefficient (Wildman–Crippen LogP) is 1.18. The molecule has 1 aromatic rings. The van der Waals surface area contributed by atoms with Gasteiger partial charge in [-0.15, -0.1) is 0 Å². The van der Waals surface area contributed by atoms with E-state index in [4.69, 9.17) is 9.47 Å². The maximum Gasteiger partial charge on any atom is 0.253 e. The van der Waals surface area contributed by atoms with Crippen molar-refractivity contribution >= 4 is 5.91 Å². The molecule has 0 unspecified atom stereocenters. The maximum atomic E-state index is 12.3. The molecule has 0 bridgehead atoms. The van der Waals surface area contributed by atoms with E-state index < -0.39 is 0 Å². The molecule has 2 atom stereocenters. The van der Waals surface area contributed by atoms with Gasteiger partial charge in [-0.25, -0.2) is 0 Å². The molecular formula is C15H21N3O3. The molecule has 2 heterocycles. The van der Waals surface area contributed by atoms with Gasteiger partial charge in [0.05, 0.1) is 24.1 Å². The van der Waals surface area contributed by atoms with Crippen LogP contribution >= 0.6 is 0 Å². The highest BCUT2D eigenvalue weighted by molar-refractivity contribution is 5.94. The number of ether oxygens (including phenoxy) is 2. The summed E-state index contributed by atoms with van der Waals surface area (Å²) in [6.07, 6.45) is 6.01. The van der Waals surface area contributed by atoms with E-state index in [2.05, 4.69) is 15.5 Å². The number of rotatable bonds is 4. The third-order valence-electron chi connectivity index (χ3n) is 4.73. The van der Waals surface area contributed by atoms with Gasteiger partial charge in [0, 0.05) is 31.3 Å². The summed E-state index contributed by atoms with van der Waals surface area (Å²) < 4.78 is 11.3. The van der Waals surface area contributed by atoms with E-state index in [-0.39, 0.29) is 23.5 Å². The molecule has 1 saturated carbocycles. The summed E-state index contributed by atoms with van der Waals surface area (Å²) in [6, 6.07) is 1.83. The van der Waals surface area contributed by atoms with Gasteiger partial charge in [-0.3, -0.25) is 4.79 Å². The quantitative estimate of drug-likeness (QED) is 0.902. The van der Waals surface area contributed by atoms with Crippen LogP contribution in [0.4, 0.5) is 0 Å². The van der Waals surface area contributed by atoms with Gasteiger partial charge in [0.1, 0.15) is 0 Å². The average molecular weight is 291 g/mol. The smallest absolute Gasteiger partial charge is 0.253 e. The maximum absolute atomic E-state index is 12.3. The normalized spacial score (nSPS) is 27.1. The first-order valence-corrected chi connectivity index (χ1v) is 7.53. The minimum Gasteiger partial charge on any atom is -0.381 e. The van der Waals surface area contributed by atoms with Crippen LogP contribution in [0, 0.1) is 5.41 Å². The first kappa shape index (κ1) is 14.4. The van der Waals surface area contributed by atoms with Crippen molar-refractivity contribution < 1.29 is 14.3 Å². The predicted molar refractivity (Wildman–Crippen MR) is 75.8 cm³/mol. The second-order valence-electron chi connectivity index (χ2n) is 5.68. The van der Waals surface area contributed by atoms with E-state index in [9.17, 15) is 4.79 Å². The second kappa shape index (κ2) is 6.07. The van der Waals surface area contributed by atoms with Crippen molar-refractivity contribution in [3.8, 4) is 0 Å². The Morgan fingerprint density at radius 3 is 2.95 bits per heavy atom. The molecule has 1 amide bonds. The summed E-state index contributed by atoms with van der Waals surface area (Å²) in [6.45, 7) is 4.21. The standard InChI is InChI=1S/C15H21N3O3/c1-2-21-13-9-12(15(13)4-7-20-8-5-15)18-14(19)11-3-6-16-17-10-11/h3,6,10,12-13H,2,4-5,7-9H2,1H3,(H,18,19)/t12-,13+/m0/s1. The van der Waals surface area contributed by atoms with Gasteiger partial charge < -0.3 is 14.8 Å². The Bertz CT molecular complexity index is 488. The molecule has 1 spiro atoms. The van der Waals surface area contributed by atoms with Crippen LogP contribution in [0.15, 0.2) is 18.5 Å². The number of nitrogens with one attached hydrogen (secondary N) is 1. The molecule has 1 aliphatic carbocycles. The van der Waals surface area contributed by atoms with Gasteiger partial charge in [-0.1, -0.05) is 0 Å². The molecule has 0 radical (unpaired) electrons. The lowest BCUT2D eigenvalue weighted by atomic mass is 9.57. The molecule has 0 aromatic carbocycles. The van der Waals surface area contributed by atoms with Crippen molar-refractivity contribution in [1.82, 2.24) is 15.5 Å². The molecule has 3 rings (SSSR count). The highest BCUT2D eigenvalue weighted by Crippen LogP contribution is 2.50. The summed E-state index contributed by atoms with van der Waals surface area (Å²) in [5.74, 6) is -0.0873. The number of hydrogen-bond acceptors (Lipinski definition) is 5. The summed E-state index contributed by atoms with van der Waals surface area (Å²) in [4.78, 5) is 12.3. The van der Waals surface area contributed by atoms with Crippen LogP contribution in [0.2, 0.25) is 0 Å². The highest BCUT2D eigenvalue weighted by Gasteiger charge is 2.56. The SMILES string of the molecule is CCO[C@@H]1C[C@H](NC(=O)c2ccnnc2)C12CCOCC2. The van der Waals surface area contributed by atoms with Gasteiger partial charge in [-0.05, 0) is 32.3 Å².